The van der Waals surface area contributed by atoms with Gasteiger partial charge >= 0.3 is 0 Å². The van der Waals surface area contributed by atoms with Crippen LogP contribution in [0.2, 0.25) is 0 Å². The molecule has 25 heavy (non-hydrogen) atoms. The summed E-state index contributed by atoms with van der Waals surface area (Å²) in [5.41, 5.74) is 9.12. The molecule has 0 unspecified atom stereocenters. The van der Waals surface area contributed by atoms with Crippen molar-refractivity contribution in [1.82, 2.24) is 10.3 Å². The first-order chi connectivity index (χ1) is 12.2. The number of hydrogen-bond acceptors (Lipinski definition) is 6. The minimum Gasteiger partial charge on any atom is -0.497 e. The third-order valence-corrected chi connectivity index (χ3v) is 4.65. The average molecular weight is 338 g/mol. The number of pyridine rings is 1. The molecule has 0 bridgehead atoms. The molecule has 3 N–H and O–H groups in total. The highest BCUT2D eigenvalue weighted by molar-refractivity contribution is 5.72. The van der Waals surface area contributed by atoms with Gasteiger partial charge in [0.05, 0.1) is 25.5 Å². The van der Waals surface area contributed by atoms with Gasteiger partial charge in [-0.1, -0.05) is 0 Å². The van der Waals surface area contributed by atoms with Crippen LogP contribution in [-0.2, 0) is 0 Å². The first-order valence-electron chi connectivity index (χ1n) is 8.31. The SMILES string of the molecule is COc1ccc(-c2cc(C3CCNCC3)c(C#N)c(N)n2)c(OC)c1. The van der Waals surface area contributed by atoms with E-state index < -0.39 is 0 Å². The number of piperidine rings is 1. The number of aromatic nitrogens is 1. The number of nitrogen functional groups attached to an aromatic ring is 1. The normalized spacial score (nSPS) is 14.8. The van der Waals surface area contributed by atoms with E-state index in [4.69, 9.17) is 15.2 Å². The molecular weight excluding hydrogens is 316 g/mol. The molecule has 6 heteroatoms. The smallest absolute Gasteiger partial charge is 0.142 e. The molecule has 1 aromatic heterocycles. The zero-order valence-corrected chi connectivity index (χ0v) is 14.5. The van der Waals surface area contributed by atoms with Crippen LogP contribution < -0.4 is 20.5 Å². The molecule has 6 nitrogen and oxygen atoms in total. The minimum absolute atomic E-state index is 0.270. The number of nitrogens with two attached hydrogens (primary N) is 1. The Morgan fingerprint density at radius 1 is 1.20 bits per heavy atom. The van der Waals surface area contributed by atoms with E-state index in [0.717, 1.165) is 37.1 Å². The number of ether oxygens (including phenoxy) is 2. The maximum atomic E-state index is 9.53. The molecule has 1 aliphatic rings. The van der Waals surface area contributed by atoms with Crippen LogP contribution in [0.15, 0.2) is 24.3 Å². The van der Waals surface area contributed by atoms with Gasteiger partial charge in [-0.3, -0.25) is 0 Å². The van der Waals surface area contributed by atoms with E-state index in [1.165, 1.54) is 0 Å². The van der Waals surface area contributed by atoms with Crippen molar-refractivity contribution in [2.75, 3.05) is 33.0 Å². The Morgan fingerprint density at radius 2 is 1.96 bits per heavy atom. The van der Waals surface area contributed by atoms with E-state index in [2.05, 4.69) is 16.4 Å². The fourth-order valence-corrected chi connectivity index (χ4v) is 3.31. The standard InChI is InChI=1S/C19H22N4O2/c1-24-13-3-4-14(18(9-13)25-2)17-10-15(12-5-7-22-8-6-12)16(11-20)19(21)23-17/h3-4,9-10,12,22H,5-8H2,1-2H3,(H2,21,23). The van der Waals surface area contributed by atoms with Crippen LogP contribution in [0.5, 0.6) is 11.5 Å². The summed E-state index contributed by atoms with van der Waals surface area (Å²) in [5.74, 6) is 1.95. The van der Waals surface area contributed by atoms with Gasteiger partial charge in [-0.15, -0.1) is 0 Å². The number of nitriles is 1. The summed E-state index contributed by atoms with van der Waals surface area (Å²) in [6, 6.07) is 9.78. The molecule has 1 aromatic carbocycles. The second-order valence-corrected chi connectivity index (χ2v) is 6.06. The summed E-state index contributed by atoms with van der Waals surface area (Å²) in [7, 11) is 3.22. The molecule has 0 radical (unpaired) electrons. The summed E-state index contributed by atoms with van der Waals surface area (Å²) in [5, 5.41) is 12.9. The lowest BCUT2D eigenvalue weighted by molar-refractivity contribution is 0.395. The largest absolute Gasteiger partial charge is 0.497 e. The van der Waals surface area contributed by atoms with Crippen LogP contribution >= 0.6 is 0 Å². The molecule has 1 aliphatic heterocycles. The molecule has 0 saturated carbocycles. The monoisotopic (exact) mass is 338 g/mol. The first kappa shape index (κ1) is 17.1. The van der Waals surface area contributed by atoms with Crippen molar-refractivity contribution in [3.05, 3.63) is 35.4 Å². The lowest BCUT2D eigenvalue weighted by Crippen LogP contribution is -2.27. The van der Waals surface area contributed by atoms with Crippen molar-refractivity contribution in [3.63, 3.8) is 0 Å². The molecule has 1 fully saturated rings. The quantitative estimate of drug-likeness (QED) is 0.890. The number of benzene rings is 1. The van der Waals surface area contributed by atoms with Gasteiger partial charge in [0.2, 0.25) is 0 Å². The van der Waals surface area contributed by atoms with Crippen molar-refractivity contribution in [1.29, 1.82) is 5.26 Å². The third-order valence-electron chi connectivity index (χ3n) is 4.65. The van der Waals surface area contributed by atoms with Crippen LogP contribution in [0.3, 0.4) is 0 Å². The van der Waals surface area contributed by atoms with E-state index in [1.54, 1.807) is 14.2 Å². The molecule has 0 atom stereocenters. The highest BCUT2D eigenvalue weighted by Crippen LogP contribution is 2.37. The number of nitrogens with zero attached hydrogens (tertiary/aromatic N) is 2. The maximum Gasteiger partial charge on any atom is 0.142 e. The molecule has 0 aliphatic carbocycles. The van der Waals surface area contributed by atoms with Crippen molar-refractivity contribution in [3.8, 4) is 28.8 Å². The van der Waals surface area contributed by atoms with Gasteiger partial charge in [-0.05, 0) is 55.6 Å². The van der Waals surface area contributed by atoms with Gasteiger partial charge < -0.3 is 20.5 Å². The predicted octanol–water partition coefficient (Wildman–Crippen LogP) is 2.69. The molecule has 2 aromatic rings. The first-order valence-corrected chi connectivity index (χ1v) is 8.31. The van der Waals surface area contributed by atoms with Crippen LogP contribution in [0, 0.1) is 11.3 Å². The Kier molecular flexibility index (Phi) is 5.05. The molecule has 130 valence electrons. The van der Waals surface area contributed by atoms with Gasteiger partial charge in [0.25, 0.3) is 0 Å². The van der Waals surface area contributed by atoms with Crippen molar-refractivity contribution < 1.29 is 9.47 Å². The van der Waals surface area contributed by atoms with Crippen LogP contribution in [-0.4, -0.2) is 32.3 Å². The van der Waals surface area contributed by atoms with Gasteiger partial charge in [0.1, 0.15) is 23.4 Å². The van der Waals surface area contributed by atoms with Gasteiger partial charge in [-0.2, -0.15) is 5.26 Å². The Balaban J connectivity index is 2.11. The fraction of sp³-hybridized carbons (Fsp3) is 0.368. The number of anilines is 1. The Hall–Kier alpha value is -2.78. The summed E-state index contributed by atoms with van der Waals surface area (Å²) in [6.07, 6.45) is 1.97. The fourth-order valence-electron chi connectivity index (χ4n) is 3.31. The molecule has 0 amide bonds. The van der Waals surface area contributed by atoms with E-state index in [0.29, 0.717) is 28.7 Å². The Bertz CT molecular complexity index is 808. The second kappa shape index (κ2) is 7.41. The minimum atomic E-state index is 0.270. The average Bonchev–Trinajstić information content (AvgIpc) is 2.67. The molecular formula is C19H22N4O2. The number of hydrogen-bond donors (Lipinski definition) is 2. The molecule has 0 spiro atoms. The van der Waals surface area contributed by atoms with Gasteiger partial charge in [0, 0.05) is 11.6 Å². The second-order valence-electron chi connectivity index (χ2n) is 6.06. The molecule has 1 saturated heterocycles. The summed E-state index contributed by atoms with van der Waals surface area (Å²) in [4.78, 5) is 4.45. The lowest BCUT2D eigenvalue weighted by atomic mass is 9.87. The van der Waals surface area contributed by atoms with E-state index in [1.807, 2.05) is 24.3 Å². The predicted molar refractivity (Wildman–Crippen MR) is 96.7 cm³/mol. The van der Waals surface area contributed by atoms with Gasteiger partial charge in [-0.25, -0.2) is 4.98 Å². The van der Waals surface area contributed by atoms with E-state index in [-0.39, 0.29) is 5.82 Å². The summed E-state index contributed by atoms with van der Waals surface area (Å²) < 4.78 is 10.7. The Labute approximate surface area is 147 Å². The van der Waals surface area contributed by atoms with Crippen LogP contribution in [0.25, 0.3) is 11.3 Å². The molecule has 2 heterocycles. The maximum absolute atomic E-state index is 9.53. The molecule has 3 rings (SSSR count). The van der Waals surface area contributed by atoms with Crippen LogP contribution in [0.4, 0.5) is 5.82 Å². The van der Waals surface area contributed by atoms with Crippen molar-refractivity contribution >= 4 is 5.82 Å². The highest BCUT2D eigenvalue weighted by atomic mass is 16.5. The van der Waals surface area contributed by atoms with E-state index >= 15 is 0 Å². The van der Waals surface area contributed by atoms with E-state index in [9.17, 15) is 5.26 Å². The van der Waals surface area contributed by atoms with Gasteiger partial charge in [0.15, 0.2) is 0 Å². The summed E-state index contributed by atoms with van der Waals surface area (Å²) >= 11 is 0. The third kappa shape index (κ3) is 3.37. The zero-order valence-electron chi connectivity index (χ0n) is 14.5. The number of rotatable bonds is 4. The van der Waals surface area contributed by atoms with Crippen molar-refractivity contribution in [2.24, 2.45) is 0 Å². The van der Waals surface area contributed by atoms with Crippen LogP contribution in [0.1, 0.15) is 29.9 Å². The Morgan fingerprint density at radius 3 is 2.60 bits per heavy atom. The topological polar surface area (TPSA) is 93.2 Å². The lowest BCUT2D eigenvalue weighted by Gasteiger charge is -2.24. The van der Waals surface area contributed by atoms with Crippen molar-refractivity contribution in [2.45, 2.75) is 18.8 Å². The number of nitrogens with one attached hydrogen (secondary N) is 1. The number of methoxy groups -OCH3 is 2. The summed E-state index contributed by atoms with van der Waals surface area (Å²) in [6.45, 7) is 1.89. The highest BCUT2D eigenvalue weighted by Gasteiger charge is 2.22. The zero-order chi connectivity index (χ0) is 17.8.